The number of piperidine rings is 1. The number of carbonyl (C=O) groups excluding carboxylic acids is 2. The largest absolute Gasteiger partial charge is 0.444 e. The van der Waals surface area contributed by atoms with Crippen molar-refractivity contribution in [1.29, 1.82) is 0 Å². The van der Waals surface area contributed by atoms with E-state index in [1.807, 2.05) is 0 Å². The summed E-state index contributed by atoms with van der Waals surface area (Å²) in [7, 11) is -3.71. The average molecular weight is 512 g/mol. The first-order valence-corrected chi connectivity index (χ1v) is 13.2. The van der Waals surface area contributed by atoms with Crippen LogP contribution in [-0.2, 0) is 21.3 Å². The second-order valence-electron chi connectivity index (χ2n) is 10.4. The van der Waals surface area contributed by atoms with Gasteiger partial charge in [0.2, 0.25) is 10.0 Å². The van der Waals surface area contributed by atoms with E-state index in [1.165, 1.54) is 4.31 Å². The minimum absolute atomic E-state index is 0.0795. The summed E-state index contributed by atoms with van der Waals surface area (Å²) in [5, 5.41) is 5.74. The summed E-state index contributed by atoms with van der Waals surface area (Å²) in [6.07, 6.45) is 5.35. The normalized spacial score (nSPS) is 21.7. The maximum atomic E-state index is 13.2. The molecule has 2 amide bonds. The van der Waals surface area contributed by atoms with Crippen molar-refractivity contribution in [2.45, 2.75) is 49.8 Å². The van der Waals surface area contributed by atoms with Crippen LogP contribution in [0.5, 0.6) is 0 Å². The van der Waals surface area contributed by atoms with E-state index >= 15 is 0 Å². The predicted molar refractivity (Wildman–Crippen MR) is 132 cm³/mol. The standard InChI is InChI=1S/C25H29N5O5S/c1-24(2,3)35-23(32)28-25-12-19(25)15-30(16-25)36(33,34)20-7-4-17(5-8-20)13-27-22(31)18-6-9-21-26-10-11-29(21)14-18/h4-11,14,19H,12-13,15-16H2,1-3H3,(H,27,31)(H,28,32)/t19-,25-/m0/s1. The van der Waals surface area contributed by atoms with Gasteiger partial charge in [0.25, 0.3) is 5.91 Å². The van der Waals surface area contributed by atoms with Crippen LogP contribution in [0.4, 0.5) is 4.79 Å². The van der Waals surface area contributed by atoms with E-state index in [0.717, 1.165) is 17.6 Å². The third kappa shape index (κ3) is 4.80. The quantitative estimate of drug-likeness (QED) is 0.525. The number of ether oxygens (including phenoxy) is 1. The molecule has 0 radical (unpaired) electrons. The molecule has 11 heteroatoms. The van der Waals surface area contributed by atoms with Crippen molar-refractivity contribution in [2.24, 2.45) is 5.92 Å². The first-order valence-electron chi connectivity index (χ1n) is 11.8. The fourth-order valence-electron chi connectivity index (χ4n) is 4.59. The molecule has 0 spiro atoms. The molecule has 1 aliphatic carbocycles. The van der Waals surface area contributed by atoms with Gasteiger partial charge in [-0.2, -0.15) is 4.31 Å². The molecule has 1 aliphatic heterocycles. The fourth-order valence-corrected chi connectivity index (χ4v) is 6.14. The summed E-state index contributed by atoms with van der Waals surface area (Å²) in [5.74, 6) is -0.155. The summed E-state index contributed by atoms with van der Waals surface area (Å²) in [6, 6.07) is 9.95. The maximum Gasteiger partial charge on any atom is 0.408 e. The van der Waals surface area contributed by atoms with Crippen LogP contribution >= 0.6 is 0 Å². The first-order chi connectivity index (χ1) is 17.0. The molecule has 36 heavy (non-hydrogen) atoms. The second-order valence-corrected chi connectivity index (χ2v) is 12.4. The van der Waals surface area contributed by atoms with Crippen LogP contribution in [0.1, 0.15) is 43.1 Å². The highest BCUT2D eigenvalue weighted by atomic mass is 32.2. The SMILES string of the molecule is CC(C)(C)OC(=O)N[C@]12C[C@H]1CN(S(=O)(=O)c1ccc(CNC(=O)c3ccc4nccn4c3)cc1)C2. The van der Waals surface area contributed by atoms with Gasteiger partial charge in [-0.05, 0) is 62.9 Å². The van der Waals surface area contributed by atoms with E-state index in [1.54, 1.807) is 80.2 Å². The lowest BCUT2D eigenvalue weighted by Gasteiger charge is -2.24. The molecule has 1 aromatic carbocycles. The number of pyridine rings is 1. The Bertz CT molecular complexity index is 1430. The van der Waals surface area contributed by atoms with Gasteiger partial charge in [-0.15, -0.1) is 0 Å². The molecule has 1 saturated carbocycles. The van der Waals surface area contributed by atoms with Crippen LogP contribution in [0.3, 0.4) is 0 Å². The Morgan fingerprint density at radius 1 is 1.17 bits per heavy atom. The van der Waals surface area contributed by atoms with Crippen molar-refractivity contribution in [2.75, 3.05) is 13.1 Å². The number of nitrogens with one attached hydrogen (secondary N) is 2. The minimum atomic E-state index is -3.71. The van der Waals surface area contributed by atoms with Gasteiger partial charge in [0.05, 0.1) is 16.0 Å². The second kappa shape index (κ2) is 8.59. The summed E-state index contributed by atoms with van der Waals surface area (Å²) in [4.78, 5) is 29.1. The van der Waals surface area contributed by atoms with Gasteiger partial charge in [-0.3, -0.25) is 4.79 Å². The summed E-state index contributed by atoms with van der Waals surface area (Å²) in [6.45, 7) is 6.20. The lowest BCUT2D eigenvalue weighted by Crippen LogP contribution is -2.45. The Labute approximate surface area is 209 Å². The molecule has 0 bridgehead atoms. The number of rotatable bonds is 6. The summed E-state index contributed by atoms with van der Waals surface area (Å²) >= 11 is 0. The zero-order valence-electron chi connectivity index (χ0n) is 20.4. The number of hydrogen-bond donors (Lipinski definition) is 2. The zero-order valence-corrected chi connectivity index (χ0v) is 21.2. The van der Waals surface area contributed by atoms with E-state index in [2.05, 4.69) is 15.6 Å². The Kier molecular flexibility index (Phi) is 5.79. The molecule has 5 rings (SSSR count). The molecule has 10 nitrogen and oxygen atoms in total. The van der Waals surface area contributed by atoms with Gasteiger partial charge in [0.1, 0.15) is 11.2 Å². The van der Waals surface area contributed by atoms with Crippen LogP contribution in [0.2, 0.25) is 0 Å². The summed E-state index contributed by atoms with van der Waals surface area (Å²) in [5.41, 5.74) is 0.855. The summed E-state index contributed by atoms with van der Waals surface area (Å²) < 4.78 is 34.9. The number of hydrogen-bond acceptors (Lipinski definition) is 6. The van der Waals surface area contributed by atoms with Crippen molar-refractivity contribution in [3.63, 3.8) is 0 Å². The van der Waals surface area contributed by atoms with Gasteiger partial charge in [-0.25, -0.2) is 18.2 Å². The number of sulfonamides is 1. The molecular formula is C25H29N5O5S. The fraction of sp³-hybridized carbons (Fsp3) is 0.400. The Balaban J connectivity index is 1.19. The van der Waals surface area contributed by atoms with Gasteiger partial charge < -0.3 is 19.8 Å². The number of imidazole rings is 1. The molecule has 2 aliphatic rings. The van der Waals surface area contributed by atoms with Gasteiger partial charge >= 0.3 is 6.09 Å². The molecule has 190 valence electrons. The molecular weight excluding hydrogens is 482 g/mol. The maximum absolute atomic E-state index is 13.2. The minimum Gasteiger partial charge on any atom is -0.444 e. The highest BCUT2D eigenvalue weighted by molar-refractivity contribution is 7.89. The lowest BCUT2D eigenvalue weighted by atomic mass is 10.2. The topological polar surface area (TPSA) is 122 Å². The van der Waals surface area contributed by atoms with E-state index in [-0.39, 0.29) is 29.8 Å². The van der Waals surface area contributed by atoms with E-state index in [4.69, 9.17) is 4.74 Å². The predicted octanol–water partition coefficient (Wildman–Crippen LogP) is 2.55. The Morgan fingerprint density at radius 2 is 1.92 bits per heavy atom. The first kappa shape index (κ1) is 24.3. The van der Waals surface area contributed by atoms with Crippen molar-refractivity contribution in [1.82, 2.24) is 24.3 Å². The number of nitrogens with zero attached hydrogens (tertiary/aromatic N) is 3. The third-order valence-corrected chi connectivity index (χ3v) is 8.36. The van der Waals surface area contributed by atoms with Crippen molar-refractivity contribution >= 4 is 27.7 Å². The number of alkyl carbamates (subject to hydrolysis) is 1. The van der Waals surface area contributed by atoms with Crippen LogP contribution in [0.15, 0.2) is 59.9 Å². The van der Waals surface area contributed by atoms with Crippen molar-refractivity contribution in [3.05, 3.63) is 66.1 Å². The van der Waals surface area contributed by atoms with E-state index < -0.39 is 27.3 Å². The molecule has 3 heterocycles. The van der Waals surface area contributed by atoms with E-state index in [9.17, 15) is 18.0 Å². The molecule has 2 fully saturated rings. The van der Waals surface area contributed by atoms with Crippen LogP contribution < -0.4 is 10.6 Å². The van der Waals surface area contributed by atoms with Crippen LogP contribution in [0, 0.1) is 5.92 Å². The Hall–Kier alpha value is -3.44. The van der Waals surface area contributed by atoms with Gasteiger partial charge in [-0.1, -0.05) is 12.1 Å². The lowest BCUT2D eigenvalue weighted by molar-refractivity contribution is 0.0494. The Morgan fingerprint density at radius 3 is 2.64 bits per heavy atom. The molecule has 1 saturated heterocycles. The number of fused-ring (bicyclic) bond motifs is 2. The smallest absolute Gasteiger partial charge is 0.408 e. The number of carbonyl (C=O) groups is 2. The van der Waals surface area contributed by atoms with Crippen molar-refractivity contribution in [3.8, 4) is 0 Å². The van der Waals surface area contributed by atoms with Crippen LogP contribution in [-0.4, -0.2) is 58.3 Å². The molecule has 0 unspecified atom stereocenters. The molecule has 3 aromatic rings. The average Bonchev–Trinajstić information content (AvgIpc) is 3.13. The highest BCUT2D eigenvalue weighted by Gasteiger charge is 2.63. The monoisotopic (exact) mass is 511 g/mol. The molecule has 2 atom stereocenters. The number of amides is 2. The van der Waals surface area contributed by atoms with Gasteiger partial charge in [0, 0.05) is 38.2 Å². The van der Waals surface area contributed by atoms with Gasteiger partial charge in [0.15, 0.2) is 0 Å². The third-order valence-electron chi connectivity index (χ3n) is 6.53. The van der Waals surface area contributed by atoms with Crippen LogP contribution in [0.25, 0.3) is 5.65 Å². The number of aromatic nitrogens is 2. The molecule has 2 N–H and O–H groups in total. The number of benzene rings is 1. The highest BCUT2D eigenvalue weighted by Crippen LogP contribution is 2.50. The van der Waals surface area contributed by atoms with E-state index in [0.29, 0.717) is 12.1 Å². The van der Waals surface area contributed by atoms with Crippen molar-refractivity contribution < 1.29 is 22.7 Å². The zero-order chi connectivity index (χ0) is 25.7. The molecule has 2 aromatic heterocycles.